The van der Waals surface area contributed by atoms with Gasteiger partial charge < -0.3 is 15.1 Å². The van der Waals surface area contributed by atoms with Gasteiger partial charge in [-0.2, -0.15) is 0 Å². The molecule has 1 N–H and O–H groups in total. The third-order valence-electron chi connectivity index (χ3n) is 6.13. The first kappa shape index (κ1) is 15.8. The van der Waals surface area contributed by atoms with Crippen LogP contribution < -0.4 is 15.1 Å². The van der Waals surface area contributed by atoms with Gasteiger partial charge >= 0.3 is 0 Å². The van der Waals surface area contributed by atoms with Crippen LogP contribution in [0.15, 0.2) is 24.4 Å². The van der Waals surface area contributed by atoms with Gasteiger partial charge in [0.15, 0.2) is 0 Å². The fourth-order valence-electron chi connectivity index (χ4n) is 4.35. The second-order valence-corrected chi connectivity index (χ2v) is 7.65. The lowest BCUT2D eigenvalue weighted by atomic mass is 9.72. The Morgan fingerprint density at radius 1 is 1.15 bits per heavy atom. The average Bonchev–Trinajstić information content (AvgIpc) is 3.12. The molecule has 1 amide bonds. The first-order valence-corrected chi connectivity index (χ1v) is 9.33. The van der Waals surface area contributed by atoms with Gasteiger partial charge in [-0.15, -0.1) is 0 Å². The SMILES string of the molecule is O=C1NCC12CCN(c1ccnc3ccc(N4CCC(F)C4)nc13)CC2. The monoisotopic (exact) mass is 355 g/mol. The number of hydrogen-bond donors (Lipinski definition) is 1. The van der Waals surface area contributed by atoms with Crippen LogP contribution in [0.1, 0.15) is 19.3 Å². The number of fused-ring (bicyclic) bond motifs is 1. The van der Waals surface area contributed by atoms with Crippen LogP contribution >= 0.6 is 0 Å². The van der Waals surface area contributed by atoms with Crippen LogP contribution in [0.5, 0.6) is 0 Å². The molecule has 2 aromatic rings. The number of hydrogen-bond acceptors (Lipinski definition) is 5. The van der Waals surface area contributed by atoms with Gasteiger partial charge in [0.25, 0.3) is 0 Å². The van der Waals surface area contributed by atoms with Crippen LogP contribution in [0.2, 0.25) is 0 Å². The minimum absolute atomic E-state index is 0.149. The minimum atomic E-state index is -0.771. The predicted octanol–water partition coefficient (Wildman–Crippen LogP) is 1.89. The van der Waals surface area contributed by atoms with E-state index in [4.69, 9.17) is 4.98 Å². The molecule has 5 rings (SSSR count). The number of amides is 1. The van der Waals surface area contributed by atoms with Crippen LogP contribution in [-0.2, 0) is 4.79 Å². The first-order chi connectivity index (χ1) is 12.6. The second-order valence-electron chi connectivity index (χ2n) is 7.65. The van der Waals surface area contributed by atoms with Crippen LogP contribution in [-0.4, -0.2) is 54.8 Å². The summed E-state index contributed by atoms with van der Waals surface area (Å²) in [5, 5.41) is 2.88. The number of β-lactam (4-membered cyclic amide) rings is 1. The number of piperidine rings is 1. The lowest BCUT2D eigenvalue weighted by molar-refractivity contribution is -0.141. The topological polar surface area (TPSA) is 61.4 Å². The maximum atomic E-state index is 13.6. The number of rotatable bonds is 2. The van der Waals surface area contributed by atoms with E-state index in [9.17, 15) is 9.18 Å². The highest BCUT2D eigenvalue weighted by atomic mass is 19.1. The lowest BCUT2D eigenvalue weighted by Crippen LogP contribution is -2.62. The summed E-state index contributed by atoms with van der Waals surface area (Å²) < 4.78 is 13.6. The maximum absolute atomic E-state index is 13.6. The van der Waals surface area contributed by atoms with Gasteiger partial charge in [0, 0.05) is 32.4 Å². The van der Waals surface area contributed by atoms with Crippen molar-refractivity contribution >= 4 is 28.4 Å². The molecule has 3 aliphatic heterocycles. The molecule has 1 unspecified atom stereocenters. The van der Waals surface area contributed by atoms with E-state index in [2.05, 4.69) is 15.2 Å². The summed E-state index contributed by atoms with van der Waals surface area (Å²) >= 11 is 0. The molecular weight excluding hydrogens is 333 g/mol. The molecule has 26 heavy (non-hydrogen) atoms. The third-order valence-corrected chi connectivity index (χ3v) is 6.13. The van der Waals surface area contributed by atoms with Gasteiger partial charge in [-0.05, 0) is 37.5 Å². The molecule has 5 heterocycles. The Bertz CT molecular complexity index is 864. The quantitative estimate of drug-likeness (QED) is 0.834. The highest BCUT2D eigenvalue weighted by Crippen LogP contribution is 2.38. The van der Waals surface area contributed by atoms with Crippen molar-refractivity contribution < 1.29 is 9.18 Å². The van der Waals surface area contributed by atoms with Gasteiger partial charge in [-0.1, -0.05) is 0 Å². The fraction of sp³-hybridized carbons (Fsp3) is 0.526. The molecule has 0 aliphatic carbocycles. The Morgan fingerprint density at radius 2 is 2.00 bits per heavy atom. The van der Waals surface area contributed by atoms with Gasteiger partial charge in [0.05, 0.1) is 23.2 Å². The van der Waals surface area contributed by atoms with Crippen molar-refractivity contribution in [2.45, 2.75) is 25.4 Å². The summed E-state index contributed by atoms with van der Waals surface area (Å²) in [7, 11) is 0. The minimum Gasteiger partial charge on any atom is -0.370 e. The summed E-state index contributed by atoms with van der Waals surface area (Å²) in [5.74, 6) is 1.02. The van der Waals surface area contributed by atoms with E-state index < -0.39 is 6.17 Å². The summed E-state index contributed by atoms with van der Waals surface area (Å²) in [6.45, 7) is 3.61. The normalized spacial score (nSPS) is 24.8. The standard InChI is InChI=1S/C19H22FN5O/c20-13-4-8-25(11-13)16-2-1-14-17(23-16)15(3-7-21-14)24-9-5-19(6-10-24)12-22-18(19)26/h1-3,7,13H,4-6,8-12H2,(H,22,26). The molecule has 0 radical (unpaired) electrons. The van der Waals surface area contributed by atoms with Crippen LogP contribution in [0.3, 0.4) is 0 Å². The van der Waals surface area contributed by atoms with E-state index in [1.807, 2.05) is 29.3 Å². The van der Waals surface area contributed by atoms with Crippen molar-refractivity contribution in [2.24, 2.45) is 5.41 Å². The molecule has 3 saturated heterocycles. The van der Waals surface area contributed by atoms with Crippen molar-refractivity contribution in [1.29, 1.82) is 0 Å². The number of carbonyl (C=O) groups excluding carboxylic acids is 1. The fourth-order valence-corrected chi connectivity index (χ4v) is 4.35. The molecule has 7 heteroatoms. The van der Waals surface area contributed by atoms with E-state index in [0.29, 0.717) is 19.5 Å². The molecule has 6 nitrogen and oxygen atoms in total. The largest absolute Gasteiger partial charge is 0.370 e. The lowest BCUT2D eigenvalue weighted by Gasteiger charge is -2.47. The van der Waals surface area contributed by atoms with Crippen molar-refractivity contribution in [3.05, 3.63) is 24.4 Å². The van der Waals surface area contributed by atoms with E-state index in [1.165, 1.54) is 0 Å². The van der Waals surface area contributed by atoms with Gasteiger partial charge in [-0.3, -0.25) is 9.78 Å². The molecular formula is C19H22FN5O. The zero-order valence-electron chi connectivity index (χ0n) is 14.6. The number of aromatic nitrogens is 2. The summed E-state index contributed by atoms with van der Waals surface area (Å²) in [6.07, 6.45) is 3.35. The number of nitrogens with zero attached hydrogens (tertiary/aromatic N) is 4. The Labute approximate surface area is 151 Å². The van der Waals surface area contributed by atoms with E-state index in [1.54, 1.807) is 0 Å². The number of halogens is 1. The molecule has 0 saturated carbocycles. The highest BCUT2D eigenvalue weighted by Gasteiger charge is 2.48. The van der Waals surface area contributed by atoms with E-state index >= 15 is 0 Å². The molecule has 3 aliphatic rings. The van der Waals surface area contributed by atoms with Crippen LogP contribution in [0, 0.1) is 5.41 Å². The number of alkyl halides is 1. The van der Waals surface area contributed by atoms with Crippen molar-refractivity contribution in [3.8, 4) is 0 Å². The average molecular weight is 355 g/mol. The molecule has 1 atom stereocenters. The Balaban J connectivity index is 1.45. The smallest absolute Gasteiger partial charge is 0.228 e. The van der Waals surface area contributed by atoms with Crippen LogP contribution in [0.25, 0.3) is 11.0 Å². The van der Waals surface area contributed by atoms with E-state index in [-0.39, 0.29) is 11.3 Å². The molecule has 3 fully saturated rings. The Kier molecular flexibility index (Phi) is 3.52. The molecule has 136 valence electrons. The molecule has 0 aromatic carbocycles. The number of anilines is 2. The van der Waals surface area contributed by atoms with E-state index in [0.717, 1.165) is 55.0 Å². The van der Waals surface area contributed by atoms with Crippen molar-refractivity contribution in [3.63, 3.8) is 0 Å². The first-order valence-electron chi connectivity index (χ1n) is 9.33. The highest BCUT2D eigenvalue weighted by molar-refractivity contribution is 5.91. The summed E-state index contributed by atoms with van der Waals surface area (Å²) in [4.78, 5) is 25.5. The summed E-state index contributed by atoms with van der Waals surface area (Å²) in [6, 6.07) is 5.90. The number of pyridine rings is 2. The molecule has 0 bridgehead atoms. The van der Waals surface area contributed by atoms with Gasteiger partial charge in [0.2, 0.25) is 5.91 Å². The van der Waals surface area contributed by atoms with Crippen molar-refractivity contribution in [2.75, 3.05) is 42.5 Å². The zero-order chi connectivity index (χ0) is 17.7. The van der Waals surface area contributed by atoms with Crippen molar-refractivity contribution in [1.82, 2.24) is 15.3 Å². The number of nitrogens with one attached hydrogen (secondary N) is 1. The third kappa shape index (κ3) is 2.40. The Morgan fingerprint density at radius 3 is 2.65 bits per heavy atom. The molecule has 1 spiro atoms. The van der Waals surface area contributed by atoms with Gasteiger partial charge in [0.1, 0.15) is 17.5 Å². The van der Waals surface area contributed by atoms with Gasteiger partial charge in [-0.25, -0.2) is 9.37 Å². The summed E-state index contributed by atoms with van der Waals surface area (Å²) in [5.41, 5.74) is 2.62. The predicted molar refractivity (Wildman–Crippen MR) is 98.2 cm³/mol. The number of carbonyl (C=O) groups is 1. The zero-order valence-corrected chi connectivity index (χ0v) is 14.6. The maximum Gasteiger partial charge on any atom is 0.228 e. The molecule has 2 aromatic heterocycles. The Hall–Kier alpha value is -2.44. The second kappa shape index (κ2) is 5.79. The van der Waals surface area contributed by atoms with Crippen LogP contribution in [0.4, 0.5) is 15.9 Å².